The number of imidazole rings is 1. The lowest BCUT2D eigenvalue weighted by molar-refractivity contribution is 0.273. The number of aromatic nitrogens is 2. The molecule has 0 amide bonds. The van der Waals surface area contributed by atoms with Crippen LogP contribution in [0.15, 0.2) is 12.1 Å². The highest BCUT2D eigenvalue weighted by atomic mass is 19.2. The van der Waals surface area contributed by atoms with Gasteiger partial charge in [-0.15, -0.1) is 0 Å². The summed E-state index contributed by atoms with van der Waals surface area (Å²) in [5, 5.41) is 3.35. The lowest BCUT2D eigenvalue weighted by Gasteiger charge is -2.35. The lowest BCUT2D eigenvalue weighted by Crippen LogP contribution is -2.40. The zero-order chi connectivity index (χ0) is 14.2. The first-order chi connectivity index (χ1) is 9.66. The number of piperidine rings is 1. The van der Waals surface area contributed by atoms with Crippen molar-refractivity contribution in [2.24, 2.45) is 0 Å². The molecule has 2 heterocycles. The summed E-state index contributed by atoms with van der Waals surface area (Å²) in [6.45, 7) is 4.02. The molecule has 0 unspecified atom stereocenters. The molecule has 0 saturated carbocycles. The van der Waals surface area contributed by atoms with E-state index in [1.807, 2.05) is 0 Å². The average molecular weight is 279 g/mol. The van der Waals surface area contributed by atoms with Crippen molar-refractivity contribution >= 4 is 11.0 Å². The van der Waals surface area contributed by atoms with Crippen molar-refractivity contribution in [1.82, 2.24) is 15.3 Å². The van der Waals surface area contributed by atoms with Gasteiger partial charge in [0.2, 0.25) is 0 Å². The Morgan fingerprint density at radius 2 is 2.00 bits per heavy atom. The summed E-state index contributed by atoms with van der Waals surface area (Å²) in [6, 6.07) is 2.71. The summed E-state index contributed by atoms with van der Waals surface area (Å²) < 4.78 is 27.1. The molecule has 1 saturated heterocycles. The molecule has 5 heteroatoms. The molecule has 1 aliphatic heterocycles. The van der Waals surface area contributed by atoms with Gasteiger partial charge in [0, 0.05) is 5.41 Å². The number of halogens is 2. The Hall–Kier alpha value is -1.49. The van der Waals surface area contributed by atoms with Gasteiger partial charge in [0.25, 0.3) is 0 Å². The number of H-pyrrole nitrogens is 1. The Morgan fingerprint density at radius 1 is 1.25 bits per heavy atom. The molecule has 0 radical (unpaired) electrons. The van der Waals surface area contributed by atoms with E-state index in [4.69, 9.17) is 0 Å². The summed E-state index contributed by atoms with van der Waals surface area (Å²) in [7, 11) is 0. The van der Waals surface area contributed by atoms with Crippen LogP contribution in [0.25, 0.3) is 11.0 Å². The third-order valence-electron chi connectivity index (χ3n) is 4.34. The van der Waals surface area contributed by atoms with Crippen molar-refractivity contribution < 1.29 is 8.78 Å². The summed E-state index contributed by atoms with van der Waals surface area (Å²) in [6.07, 6.45) is 4.02. The van der Waals surface area contributed by atoms with Gasteiger partial charge in [-0.2, -0.15) is 0 Å². The van der Waals surface area contributed by atoms with Gasteiger partial charge in [0.15, 0.2) is 11.6 Å². The normalized spacial score (nSPS) is 18.6. The van der Waals surface area contributed by atoms with E-state index in [1.165, 1.54) is 0 Å². The number of hydrogen-bond donors (Lipinski definition) is 2. The Balaban J connectivity index is 2.09. The molecule has 1 aromatic carbocycles. The minimum atomic E-state index is -0.856. The van der Waals surface area contributed by atoms with Gasteiger partial charge in [0.05, 0.1) is 5.52 Å². The number of hydrogen-bond acceptors (Lipinski definition) is 2. The minimum absolute atomic E-state index is 0.0397. The SMILES string of the molecule is CCCC1(c2nc3c(F)c(F)ccc3[nH]2)CCNCC1. The second kappa shape index (κ2) is 5.13. The van der Waals surface area contributed by atoms with E-state index < -0.39 is 11.6 Å². The second-order valence-corrected chi connectivity index (χ2v) is 5.62. The van der Waals surface area contributed by atoms with Gasteiger partial charge in [0.1, 0.15) is 11.3 Å². The van der Waals surface area contributed by atoms with Gasteiger partial charge in [-0.05, 0) is 44.5 Å². The molecule has 0 aliphatic carbocycles. The highest BCUT2D eigenvalue weighted by molar-refractivity contribution is 5.76. The van der Waals surface area contributed by atoms with Crippen molar-refractivity contribution in [3.05, 3.63) is 29.6 Å². The third-order valence-corrected chi connectivity index (χ3v) is 4.34. The van der Waals surface area contributed by atoms with Gasteiger partial charge in [-0.3, -0.25) is 0 Å². The van der Waals surface area contributed by atoms with Crippen molar-refractivity contribution in [1.29, 1.82) is 0 Å². The predicted molar refractivity (Wildman–Crippen MR) is 74.7 cm³/mol. The number of aromatic amines is 1. The second-order valence-electron chi connectivity index (χ2n) is 5.62. The standard InChI is InChI=1S/C15H19F2N3/c1-2-5-15(6-8-18-9-7-15)14-19-11-4-3-10(16)12(17)13(11)20-14/h3-4,18H,2,5-9H2,1H3,(H,19,20). The number of fused-ring (bicyclic) bond motifs is 1. The topological polar surface area (TPSA) is 40.7 Å². The Labute approximate surface area is 116 Å². The number of benzene rings is 1. The van der Waals surface area contributed by atoms with Crippen LogP contribution < -0.4 is 5.32 Å². The minimum Gasteiger partial charge on any atom is -0.341 e. The molecule has 3 nitrogen and oxygen atoms in total. The van der Waals surface area contributed by atoms with Crippen molar-refractivity contribution in [3.63, 3.8) is 0 Å². The molecule has 108 valence electrons. The maximum atomic E-state index is 13.8. The number of rotatable bonds is 3. The van der Waals surface area contributed by atoms with Crippen LogP contribution in [0.1, 0.15) is 38.4 Å². The van der Waals surface area contributed by atoms with Crippen LogP contribution in [0.3, 0.4) is 0 Å². The first kappa shape index (κ1) is 13.5. The van der Waals surface area contributed by atoms with Crippen LogP contribution in [-0.2, 0) is 5.41 Å². The summed E-state index contributed by atoms with van der Waals surface area (Å²) in [5.41, 5.74) is 0.656. The molecule has 0 bridgehead atoms. The lowest BCUT2D eigenvalue weighted by atomic mass is 9.75. The Kier molecular flexibility index (Phi) is 3.46. The number of nitrogens with zero attached hydrogens (tertiary/aromatic N) is 1. The molecule has 3 rings (SSSR count). The van der Waals surface area contributed by atoms with Crippen LogP contribution >= 0.6 is 0 Å². The van der Waals surface area contributed by atoms with Gasteiger partial charge >= 0.3 is 0 Å². The zero-order valence-electron chi connectivity index (χ0n) is 11.6. The fourth-order valence-electron chi connectivity index (χ4n) is 3.26. The first-order valence-corrected chi connectivity index (χ1v) is 7.21. The van der Waals surface area contributed by atoms with Crippen LogP contribution in [0.4, 0.5) is 8.78 Å². The summed E-state index contributed by atoms with van der Waals surface area (Å²) in [4.78, 5) is 7.60. The molecule has 0 atom stereocenters. The van der Waals surface area contributed by atoms with E-state index in [2.05, 4.69) is 22.2 Å². The van der Waals surface area contributed by atoms with E-state index in [1.54, 1.807) is 6.07 Å². The fourth-order valence-corrected chi connectivity index (χ4v) is 3.26. The van der Waals surface area contributed by atoms with Gasteiger partial charge < -0.3 is 10.3 Å². The molecule has 1 fully saturated rings. The van der Waals surface area contributed by atoms with E-state index in [9.17, 15) is 8.78 Å². The molecule has 2 N–H and O–H groups in total. The smallest absolute Gasteiger partial charge is 0.186 e. The van der Waals surface area contributed by atoms with E-state index in [0.717, 1.165) is 50.7 Å². The van der Waals surface area contributed by atoms with Gasteiger partial charge in [-0.25, -0.2) is 13.8 Å². The van der Waals surface area contributed by atoms with Crippen LogP contribution in [0.2, 0.25) is 0 Å². The number of nitrogens with one attached hydrogen (secondary N) is 2. The fraction of sp³-hybridized carbons (Fsp3) is 0.533. The van der Waals surface area contributed by atoms with Crippen LogP contribution in [0, 0.1) is 11.6 Å². The van der Waals surface area contributed by atoms with E-state index in [0.29, 0.717) is 5.52 Å². The summed E-state index contributed by atoms with van der Waals surface area (Å²) >= 11 is 0. The zero-order valence-corrected chi connectivity index (χ0v) is 11.6. The Morgan fingerprint density at radius 3 is 2.70 bits per heavy atom. The molecular weight excluding hydrogens is 260 g/mol. The highest BCUT2D eigenvalue weighted by Crippen LogP contribution is 2.37. The van der Waals surface area contributed by atoms with Crippen LogP contribution in [-0.4, -0.2) is 23.1 Å². The van der Waals surface area contributed by atoms with Gasteiger partial charge in [-0.1, -0.05) is 13.3 Å². The molecular formula is C15H19F2N3. The van der Waals surface area contributed by atoms with Crippen molar-refractivity contribution in [2.75, 3.05) is 13.1 Å². The van der Waals surface area contributed by atoms with E-state index >= 15 is 0 Å². The van der Waals surface area contributed by atoms with Crippen molar-refractivity contribution in [2.45, 2.75) is 38.0 Å². The van der Waals surface area contributed by atoms with Crippen LogP contribution in [0.5, 0.6) is 0 Å². The maximum absolute atomic E-state index is 13.8. The molecule has 20 heavy (non-hydrogen) atoms. The van der Waals surface area contributed by atoms with Crippen molar-refractivity contribution in [3.8, 4) is 0 Å². The predicted octanol–water partition coefficient (Wildman–Crippen LogP) is 3.26. The molecule has 0 spiro atoms. The monoisotopic (exact) mass is 279 g/mol. The average Bonchev–Trinajstić information content (AvgIpc) is 2.90. The first-order valence-electron chi connectivity index (χ1n) is 7.21. The molecule has 1 aromatic heterocycles. The largest absolute Gasteiger partial charge is 0.341 e. The third kappa shape index (κ3) is 2.10. The maximum Gasteiger partial charge on any atom is 0.186 e. The molecule has 1 aliphatic rings. The summed E-state index contributed by atoms with van der Waals surface area (Å²) in [5.74, 6) is -0.892. The van der Waals surface area contributed by atoms with E-state index in [-0.39, 0.29) is 10.9 Å². The quantitative estimate of drug-likeness (QED) is 0.905. The highest BCUT2D eigenvalue weighted by Gasteiger charge is 2.36. The Bertz CT molecular complexity index is 609. The molecule has 2 aromatic rings.